The fraction of sp³-hybridized carbons (Fsp3) is 0. The van der Waals surface area contributed by atoms with Gasteiger partial charge in [-0.2, -0.15) is 0 Å². The molecule has 0 aliphatic carbocycles. The lowest BCUT2D eigenvalue weighted by molar-refractivity contribution is -0.120. The number of nitrogens with one attached hydrogen (secondary N) is 1. The van der Waals surface area contributed by atoms with Gasteiger partial charge in [0.25, 0.3) is 11.8 Å². The molecule has 1 N–H and O–H groups in total. The van der Waals surface area contributed by atoms with Gasteiger partial charge < -0.3 is 10.1 Å². The van der Waals surface area contributed by atoms with E-state index < -0.39 is 17.6 Å². The molecule has 0 aromatic heterocycles. The fourth-order valence-electron chi connectivity index (χ4n) is 2.85. The van der Waals surface area contributed by atoms with Gasteiger partial charge in [-0.1, -0.05) is 41.4 Å². The van der Waals surface area contributed by atoms with Crippen molar-refractivity contribution in [1.82, 2.24) is 0 Å². The minimum atomic E-state index is -0.672. The van der Waals surface area contributed by atoms with Gasteiger partial charge in [0.15, 0.2) is 0 Å². The molecule has 2 amide bonds. The summed E-state index contributed by atoms with van der Waals surface area (Å²) in [6.45, 7) is 0. The third-order valence-corrected chi connectivity index (χ3v) is 4.93. The van der Waals surface area contributed by atoms with Gasteiger partial charge in [0.2, 0.25) is 0 Å². The van der Waals surface area contributed by atoms with E-state index in [1.807, 2.05) is 30.3 Å². The van der Waals surface area contributed by atoms with E-state index in [4.69, 9.17) is 27.9 Å². The highest BCUT2D eigenvalue weighted by atomic mass is 35.5. The van der Waals surface area contributed by atoms with Crippen molar-refractivity contribution in [2.75, 3.05) is 10.2 Å². The minimum absolute atomic E-state index is 0.117. The first-order chi connectivity index (χ1) is 14.4. The monoisotopic (exact) mass is 442 g/mol. The zero-order valence-corrected chi connectivity index (χ0v) is 16.7. The lowest BCUT2D eigenvalue weighted by atomic mass is 10.2. The van der Waals surface area contributed by atoms with Gasteiger partial charge in [0.05, 0.1) is 10.7 Å². The van der Waals surface area contributed by atoms with E-state index in [9.17, 15) is 14.0 Å². The molecule has 1 aliphatic heterocycles. The van der Waals surface area contributed by atoms with Crippen molar-refractivity contribution in [3.63, 3.8) is 0 Å². The SMILES string of the molecule is O=C1C(Cl)=C(Nc2ccc(F)c(Cl)c2)C(=O)N1c1ccc(Oc2ccccc2)cc1. The van der Waals surface area contributed by atoms with Crippen LogP contribution >= 0.6 is 23.2 Å². The minimum Gasteiger partial charge on any atom is -0.457 e. The number of ether oxygens (including phenoxy) is 1. The molecule has 0 bridgehead atoms. The number of carbonyl (C=O) groups excluding carboxylic acids is 2. The summed E-state index contributed by atoms with van der Waals surface area (Å²) in [6.07, 6.45) is 0. The van der Waals surface area contributed by atoms with E-state index in [0.29, 0.717) is 22.9 Å². The van der Waals surface area contributed by atoms with Crippen LogP contribution in [0.25, 0.3) is 0 Å². The predicted molar refractivity (Wildman–Crippen MR) is 113 cm³/mol. The number of carbonyl (C=O) groups is 2. The Morgan fingerprint density at radius 3 is 2.17 bits per heavy atom. The molecule has 4 rings (SSSR count). The van der Waals surface area contributed by atoms with Gasteiger partial charge in [0.1, 0.15) is 28.0 Å². The highest BCUT2D eigenvalue weighted by Gasteiger charge is 2.39. The Morgan fingerprint density at radius 2 is 1.50 bits per heavy atom. The van der Waals surface area contributed by atoms with Crippen molar-refractivity contribution < 1.29 is 18.7 Å². The topological polar surface area (TPSA) is 58.6 Å². The fourth-order valence-corrected chi connectivity index (χ4v) is 3.25. The Morgan fingerprint density at radius 1 is 0.833 bits per heavy atom. The molecule has 0 unspecified atom stereocenters. The van der Waals surface area contributed by atoms with Crippen molar-refractivity contribution in [3.8, 4) is 11.5 Å². The van der Waals surface area contributed by atoms with E-state index in [1.54, 1.807) is 24.3 Å². The van der Waals surface area contributed by atoms with Gasteiger partial charge >= 0.3 is 0 Å². The smallest absolute Gasteiger partial charge is 0.283 e. The van der Waals surface area contributed by atoms with Crippen LogP contribution in [0.4, 0.5) is 15.8 Å². The number of hydrogen-bond donors (Lipinski definition) is 1. The number of para-hydroxylation sites is 1. The van der Waals surface area contributed by atoms with Crippen LogP contribution in [0.5, 0.6) is 11.5 Å². The quantitative estimate of drug-likeness (QED) is 0.514. The van der Waals surface area contributed by atoms with E-state index in [0.717, 1.165) is 11.0 Å². The number of rotatable bonds is 5. The average Bonchev–Trinajstić information content (AvgIpc) is 2.95. The standard InChI is InChI=1S/C22H13Cl2FN2O3/c23-17-12-13(6-11-18(17)25)26-20-19(24)21(28)27(22(20)29)14-7-9-16(10-8-14)30-15-4-2-1-3-5-15/h1-12,26H. The lowest BCUT2D eigenvalue weighted by Gasteiger charge is -2.16. The molecular weight excluding hydrogens is 430 g/mol. The summed E-state index contributed by atoms with van der Waals surface area (Å²) in [6, 6.07) is 19.5. The van der Waals surface area contributed by atoms with Crippen molar-refractivity contribution in [3.05, 3.63) is 94.4 Å². The number of nitrogens with zero attached hydrogens (tertiary/aromatic N) is 1. The van der Waals surface area contributed by atoms with Crippen molar-refractivity contribution in [1.29, 1.82) is 0 Å². The normalized spacial score (nSPS) is 13.8. The van der Waals surface area contributed by atoms with Crippen LogP contribution < -0.4 is 15.0 Å². The average molecular weight is 443 g/mol. The number of imide groups is 1. The van der Waals surface area contributed by atoms with E-state index in [2.05, 4.69) is 5.32 Å². The first kappa shape index (κ1) is 19.9. The second kappa shape index (κ2) is 8.18. The van der Waals surface area contributed by atoms with Crippen LogP contribution in [-0.4, -0.2) is 11.8 Å². The van der Waals surface area contributed by atoms with Gasteiger partial charge in [-0.3, -0.25) is 9.59 Å². The van der Waals surface area contributed by atoms with Crippen LogP contribution in [0.3, 0.4) is 0 Å². The Hall–Kier alpha value is -3.35. The maximum atomic E-state index is 13.3. The van der Waals surface area contributed by atoms with E-state index in [-0.39, 0.29) is 15.8 Å². The van der Waals surface area contributed by atoms with Crippen LogP contribution in [0, 0.1) is 5.82 Å². The summed E-state index contributed by atoms with van der Waals surface area (Å²) >= 11 is 11.9. The number of anilines is 2. The third kappa shape index (κ3) is 3.87. The molecule has 0 atom stereocenters. The number of halogens is 3. The van der Waals surface area contributed by atoms with Crippen LogP contribution in [-0.2, 0) is 9.59 Å². The summed E-state index contributed by atoms with van der Waals surface area (Å²) < 4.78 is 19.1. The van der Waals surface area contributed by atoms with Crippen molar-refractivity contribution >= 4 is 46.4 Å². The van der Waals surface area contributed by atoms with Crippen molar-refractivity contribution in [2.45, 2.75) is 0 Å². The molecule has 0 saturated carbocycles. The molecule has 0 saturated heterocycles. The molecule has 1 heterocycles. The molecule has 0 fully saturated rings. The summed E-state index contributed by atoms with van der Waals surface area (Å²) in [5, 5.41) is 2.34. The van der Waals surface area contributed by atoms with E-state index >= 15 is 0 Å². The number of amides is 2. The summed E-state index contributed by atoms with van der Waals surface area (Å²) in [4.78, 5) is 26.3. The molecular formula is C22H13Cl2FN2O3. The first-order valence-electron chi connectivity index (χ1n) is 8.77. The van der Waals surface area contributed by atoms with Crippen LogP contribution in [0.15, 0.2) is 83.5 Å². The highest BCUT2D eigenvalue weighted by Crippen LogP contribution is 2.32. The van der Waals surface area contributed by atoms with Gasteiger partial charge in [-0.05, 0) is 54.6 Å². The van der Waals surface area contributed by atoms with Crippen molar-refractivity contribution in [2.24, 2.45) is 0 Å². The zero-order valence-electron chi connectivity index (χ0n) is 15.2. The molecule has 0 spiro atoms. The maximum absolute atomic E-state index is 13.3. The highest BCUT2D eigenvalue weighted by molar-refractivity contribution is 6.53. The lowest BCUT2D eigenvalue weighted by Crippen LogP contribution is -2.32. The number of benzene rings is 3. The predicted octanol–water partition coefficient (Wildman–Crippen LogP) is 5.71. The molecule has 3 aromatic carbocycles. The maximum Gasteiger partial charge on any atom is 0.283 e. The Labute approximate surface area is 181 Å². The second-order valence-electron chi connectivity index (χ2n) is 6.30. The van der Waals surface area contributed by atoms with Gasteiger partial charge in [-0.15, -0.1) is 0 Å². The molecule has 3 aromatic rings. The molecule has 5 nitrogen and oxygen atoms in total. The Kier molecular flexibility index (Phi) is 5.44. The van der Waals surface area contributed by atoms with Gasteiger partial charge in [-0.25, -0.2) is 9.29 Å². The molecule has 30 heavy (non-hydrogen) atoms. The third-order valence-electron chi connectivity index (χ3n) is 4.29. The summed E-state index contributed by atoms with van der Waals surface area (Å²) in [7, 11) is 0. The Balaban J connectivity index is 1.53. The first-order valence-corrected chi connectivity index (χ1v) is 9.53. The largest absolute Gasteiger partial charge is 0.457 e. The van der Waals surface area contributed by atoms with Gasteiger partial charge in [0, 0.05) is 5.69 Å². The Bertz CT molecular complexity index is 1160. The molecule has 0 radical (unpaired) electrons. The molecule has 8 heteroatoms. The molecule has 1 aliphatic rings. The van der Waals surface area contributed by atoms with E-state index in [1.165, 1.54) is 12.1 Å². The van der Waals surface area contributed by atoms with Crippen LogP contribution in [0.1, 0.15) is 0 Å². The summed E-state index contributed by atoms with van der Waals surface area (Å²) in [5.74, 6) is -0.707. The second-order valence-corrected chi connectivity index (χ2v) is 7.08. The molecule has 150 valence electrons. The zero-order chi connectivity index (χ0) is 21.3. The number of hydrogen-bond acceptors (Lipinski definition) is 4. The summed E-state index contributed by atoms with van der Waals surface area (Å²) in [5.41, 5.74) is 0.538. The van der Waals surface area contributed by atoms with Crippen LogP contribution in [0.2, 0.25) is 5.02 Å².